The van der Waals surface area contributed by atoms with Crippen LogP contribution in [0.2, 0.25) is 0 Å². The molecule has 2 fully saturated rings. The fourth-order valence-electron chi connectivity index (χ4n) is 4.12. The van der Waals surface area contributed by atoms with E-state index in [1.54, 1.807) is 0 Å². The quantitative estimate of drug-likeness (QED) is 0.408. The molecule has 5 rings (SSSR count). The normalized spacial score (nSPS) is 17.5. The number of nitrogens with zero attached hydrogens (tertiary/aromatic N) is 2. The van der Waals surface area contributed by atoms with Crippen LogP contribution in [0.1, 0.15) is 36.0 Å². The summed E-state index contributed by atoms with van der Waals surface area (Å²) in [6.45, 7) is 0.329. The molecule has 3 aromatic rings. The molecule has 0 radical (unpaired) electrons. The van der Waals surface area contributed by atoms with E-state index in [1.165, 1.54) is 12.1 Å². The van der Waals surface area contributed by atoms with Crippen LogP contribution in [0.5, 0.6) is 0 Å². The van der Waals surface area contributed by atoms with Gasteiger partial charge in [-0.2, -0.15) is 13.2 Å². The number of amides is 1. The number of pyridine rings is 2. The molecule has 196 valence electrons. The maximum absolute atomic E-state index is 14.8. The molecule has 7 nitrogen and oxygen atoms in total. The van der Waals surface area contributed by atoms with Crippen LogP contribution < -0.4 is 21.8 Å². The lowest BCUT2D eigenvalue weighted by Gasteiger charge is -2.22. The number of alkyl halides is 3. The van der Waals surface area contributed by atoms with Crippen LogP contribution in [0.3, 0.4) is 0 Å². The number of aromatic nitrogens is 2. The summed E-state index contributed by atoms with van der Waals surface area (Å²) in [6.07, 6.45) is -1.98. The standard InChI is InChI=1S/C24H21F6N5O2/c25-12-7-15(26)18(16(27)8-12)35-9-14(22(37)34-20(11-1-2-11)24(28,29)30)19(36)13-3-4-17(33-21(13)35)32-10-23(31)5-6-23/h3-4,7-9,11,20H,1-2,5-6,10,31H2,(H,32,33)(H,34,37). The third-order valence-electron chi connectivity index (χ3n) is 6.56. The number of rotatable bonds is 7. The Labute approximate surface area is 205 Å². The summed E-state index contributed by atoms with van der Waals surface area (Å²) in [5.41, 5.74) is 2.69. The fourth-order valence-corrected chi connectivity index (χ4v) is 4.12. The Morgan fingerprint density at radius 3 is 2.38 bits per heavy atom. The van der Waals surface area contributed by atoms with Crippen molar-refractivity contribution < 1.29 is 31.1 Å². The van der Waals surface area contributed by atoms with Gasteiger partial charge in [-0.3, -0.25) is 14.2 Å². The molecule has 2 aliphatic carbocycles. The summed E-state index contributed by atoms with van der Waals surface area (Å²) in [7, 11) is 0. The van der Waals surface area contributed by atoms with E-state index in [1.807, 2.05) is 5.32 Å². The minimum atomic E-state index is -4.76. The number of hydrogen-bond donors (Lipinski definition) is 3. The number of anilines is 1. The molecular formula is C24H21F6N5O2. The summed E-state index contributed by atoms with van der Waals surface area (Å²) in [5.74, 6) is -5.96. The van der Waals surface area contributed by atoms with Crippen LogP contribution in [0.15, 0.2) is 35.3 Å². The van der Waals surface area contributed by atoms with Crippen molar-refractivity contribution in [2.45, 2.75) is 43.4 Å². The van der Waals surface area contributed by atoms with Gasteiger partial charge < -0.3 is 16.4 Å². The average Bonchev–Trinajstić information content (AvgIpc) is 3.74. The van der Waals surface area contributed by atoms with E-state index in [0.29, 0.717) is 24.9 Å². The SMILES string of the molecule is NC1(CNc2ccc3c(=O)c(C(=O)NC(C4CC4)C(F)(F)F)cn(-c4c(F)cc(F)cc4F)c3n2)CC1. The number of nitrogens with two attached hydrogens (primary N) is 1. The maximum Gasteiger partial charge on any atom is 0.408 e. The van der Waals surface area contributed by atoms with Gasteiger partial charge in [0, 0.05) is 30.4 Å². The van der Waals surface area contributed by atoms with Gasteiger partial charge in [-0.05, 0) is 43.7 Å². The molecule has 4 N–H and O–H groups in total. The van der Waals surface area contributed by atoms with E-state index in [0.717, 1.165) is 17.4 Å². The molecule has 2 heterocycles. The number of fused-ring (bicyclic) bond motifs is 1. The van der Waals surface area contributed by atoms with E-state index in [-0.39, 0.29) is 29.7 Å². The van der Waals surface area contributed by atoms with Crippen LogP contribution in [-0.4, -0.2) is 39.8 Å². The zero-order chi connectivity index (χ0) is 26.7. The topological polar surface area (TPSA) is 102 Å². The van der Waals surface area contributed by atoms with E-state index >= 15 is 0 Å². The second-order valence-corrected chi connectivity index (χ2v) is 9.57. The summed E-state index contributed by atoms with van der Waals surface area (Å²) >= 11 is 0. The third kappa shape index (κ3) is 4.99. The van der Waals surface area contributed by atoms with Gasteiger partial charge in [0.05, 0.1) is 5.39 Å². The van der Waals surface area contributed by atoms with Crippen molar-refractivity contribution in [2.24, 2.45) is 11.7 Å². The lowest BCUT2D eigenvalue weighted by molar-refractivity contribution is -0.158. The van der Waals surface area contributed by atoms with E-state index < -0.39 is 63.7 Å². The molecule has 0 saturated heterocycles. The van der Waals surface area contributed by atoms with Crippen LogP contribution >= 0.6 is 0 Å². The lowest BCUT2D eigenvalue weighted by atomic mass is 10.1. The van der Waals surface area contributed by atoms with Crippen molar-refractivity contribution in [2.75, 3.05) is 11.9 Å². The van der Waals surface area contributed by atoms with E-state index in [9.17, 15) is 35.9 Å². The largest absolute Gasteiger partial charge is 0.408 e. The molecule has 1 aromatic carbocycles. The second-order valence-electron chi connectivity index (χ2n) is 9.57. The van der Waals surface area contributed by atoms with Gasteiger partial charge in [0.1, 0.15) is 28.9 Å². The highest BCUT2D eigenvalue weighted by Crippen LogP contribution is 2.40. The number of hydrogen-bond acceptors (Lipinski definition) is 5. The molecule has 2 aliphatic rings. The first-order valence-electron chi connectivity index (χ1n) is 11.5. The van der Waals surface area contributed by atoms with Gasteiger partial charge in [0.25, 0.3) is 5.91 Å². The zero-order valence-electron chi connectivity index (χ0n) is 19.1. The Morgan fingerprint density at radius 1 is 1.16 bits per heavy atom. The van der Waals surface area contributed by atoms with Gasteiger partial charge in [-0.15, -0.1) is 0 Å². The lowest BCUT2D eigenvalue weighted by Crippen LogP contribution is -2.48. The van der Waals surface area contributed by atoms with Crippen molar-refractivity contribution in [3.8, 4) is 5.69 Å². The monoisotopic (exact) mass is 525 g/mol. The predicted octanol–water partition coefficient (Wildman–Crippen LogP) is 3.78. The first-order chi connectivity index (χ1) is 17.4. The van der Waals surface area contributed by atoms with Crippen molar-refractivity contribution in [1.29, 1.82) is 0 Å². The Bertz CT molecular complexity index is 1440. The number of benzene rings is 1. The van der Waals surface area contributed by atoms with Crippen molar-refractivity contribution in [1.82, 2.24) is 14.9 Å². The number of halogens is 6. The molecular weight excluding hydrogens is 504 g/mol. The van der Waals surface area contributed by atoms with Crippen LogP contribution in [-0.2, 0) is 0 Å². The summed E-state index contributed by atoms with van der Waals surface area (Å²) < 4.78 is 84.3. The van der Waals surface area contributed by atoms with Crippen LogP contribution in [0.25, 0.3) is 16.7 Å². The highest BCUT2D eigenvalue weighted by molar-refractivity contribution is 5.97. The molecule has 2 aromatic heterocycles. The minimum absolute atomic E-state index is 0.198. The highest BCUT2D eigenvalue weighted by Gasteiger charge is 2.50. The number of carbonyl (C=O) groups is 1. The second kappa shape index (κ2) is 8.75. The Kier molecular flexibility index (Phi) is 5.93. The van der Waals surface area contributed by atoms with Gasteiger partial charge in [-0.25, -0.2) is 18.2 Å². The van der Waals surface area contributed by atoms with Crippen molar-refractivity contribution in [3.05, 3.63) is 63.7 Å². The van der Waals surface area contributed by atoms with Gasteiger partial charge in [-0.1, -0.05) is 0 Å². The Balaban J connectivity index is 1.64. The molecule has 13 heteroatoms. The number of nitrogens with one attached hydrogen (secondary N) is 2. The maximum atomic E-state index is 14.8. The smallest absolute Gasteiger partial charge is 0.368 e. The number of carbonyl (C=O) groups excluding carboxylic acids is 1. The van der Waals surface area contributed by atoms with Crippen LogP contribution in [0.4, 0.5) is 32.2 Å². The van der Waals surface area contributed by atoms with E-state index in [2.05, 4.69) is 10.3 Å². The molecule has 1 unspecified atom stereocenters. The highest BCUT2D eigenvalue weighted by atomic mass is 19.4. The minimum Gasteiger partial charge on any atom is -0.368 e. The van der Waals surface area contributed by atoms with Crippen LogP contribution in [0, 0.1) is 23.4 Å². The summed E-state index contributed by atoms with van der Waals surface area (Å²) in [6, 6.07) is 1.21. The molecule has 0 aliphatic heterocycles. The molecule has 37 heavy (non-hydrogen) atoms. The fraction of sp³-hybridized carbons (Fsp3) is 0.375. The zero-order valence-corrected chi connectivity index (χ0v) is 19.1. The predicted molar refractivity (Wildman–Crippen MR) is 122 cm³/mol. The van der Waals surface area contributed by atoms with E-state index in [4.69, 9.17) is 5.73 Å². The third-order valence-corrected chi connectivity index (χ3v) is 6.56. The molecule has 2 saturated carbocycles. The summed E-state index contributed by atoms with van der Waals surface area (Å²) in [4.78, 5) is 30.3. The van der Waals surface area contributed by atoms with Gasteiger partial charge in [0.15, 0.2) is 17.3 Å². The van der Waals surface area contributed by atoms with Gasteiger partial charge in [0.2, 0.25) is 5.43 Å². The molecule has 1 amide bonds. The molecule has 0 spiro atoms. The van der Waals surface area contributed by atoms with Crippen molar-refractivity contribution in [3.63, 3.8) is 0 Å². The summed E-state index contributed by atoms with van der Waals surface area (Å²) in [5, 5.41) is 4.53. The Morgan fingerprint density at radius 2 is 1.81 bits per heavy atom. The Hall–Kier alpha value is -3.61. The van der Waals surface area contributed by atoms with Gasteiger partial charge >= 0.3 is 6.18 Å². The van der Waals surface area contributed by atoms with Crippen molar-refractivity contribution >= 4 is 22.8 Å². The average molecular weight is 525 g/mol. The molecule has 0 bridgehead atoms. The molecule has 1 atom stereocenters. The first-order valence-corrected chi connectivity index (χ1v) is 11.5. The first kappa shape index (κ1) is 25.1.